The fourth-order valence-electron chi connectivity index (χ4n) is 4.03. The normalized spacial score (nSPS) is 12.9. The molecule has 42 heavy (non-hydrogen) atoms. The molecule has 1 aromatic heterocycles. The number of carbonyl (C=O) groups is 4. The molecule has 0 saturated heterocycles. The van der Waals surface area contributed by atoms with Crippen LogP contribution in [0.15, 0.2) is 72.1 Å². The van der Waals surface area contributed by atoms with Gasteiger partial charge in [-0.3, -0.25) is 14.4 Å². The highest BCUT2D eigenvalue weighted by Gasteiger charge is 2.34. The van der Waals surface area contributed by atoms with Crippen molar-refractivity contribution in [2.45, 2.75) is 72.2 Å². The van der Waals surface area contributed by atoms with Crippen LogP contribution in [0, 0.1) is 5.41 Å². The van der Waals surface area contributed by atoms with Crippen LogP contribution in [-0.4, -0.2) is 41.5 Å². The van der Waals surface area contributed by atoms with Gasteiger partial charge < -0.3 is 26.0 Å². The van der Waals surface area contributed by atoms with Crippen LogP contribution in [-0.2, 0) is 27.3 Å². The first kappa shape index (κ1) is 32.3. The molecule has 0 aliphatic heterocycles. The highest BCUT2D eigenvalue weighted by Crippen LogP contribution is 2.22. The van der Waals surface area contributed by atoms with E-state index < -0.39 is 41.0 Å². The lowest BCUT2D eigenvalue weighted by molar-refractivity contribution is -0.123. The van der Waals surface area contributed by atoms with E-state index in [9.17, 15) is 19.2 Å². The van der Waals surface area contributed by atoms with E-state index in [-0.39, 0.29) is 5.91 Å². The van der Waals surface area contributed by atoms with Crippen LogP contribution in [0.25, 0.3) is 0 Å². The molecule has 4 amide bonds. The van der Waals surface area contributed by atoms with Crippen LogP contribution in [0.3, 0.4) is 0 Å². The van der Waals surface area contributed by atoms with Crippen molar-refractivity contribution >= 4 is 40.8 Å². The quantitative estimate of drug-likeness (QED) is 0.255. The van der Waals surface area contributed by atoms with E-state index in [1.807, 2.05) is 68.6 Å². The molecule has 3 aromatic rings. The highest BCUT2D eigenvalue weighted by molar-refractivity contribution is 7.09. The second kappa shape index (κ2) is 14.1. The molecule has 0 spiro atoms. The monoisotopic (exact) mass is 592 g/mol. The maximum Gasteiger partial charge on any atom is 0.408 e. The van der Waals surface area contributed by atoms with Crippen molar-refractivity contribution in [3.63, 3.8) is 0 Å². The zero-order chi connectivity index (χ0) is 30.9. The van der Waals surface area contributed by atoms with Crippen molar-refractivity contribution in [3.05, 3.63) is 88.1 Å². The zero-order valence-corrected chi connectivity index (χ0v) is 25.8. The summed E-state index contributed by atoms with van der Waals surface area (Å²) in [5.74, 6) is -1.12. The van der Waals surface area contributed by atoms with Gasteiger partial charge in [0.05, 0.1) is 6.54 Å². The summed E-state index contributed by atoms with van der Waals surface area (Å²) in [6.45, 7) is 11.1. The first-order chi connectivity index (χ1) is 19.7. The molecule has 0 bridgehead atoms. The van der Waals surface area contributed by atoms with Gasteiger partial charge in [-0.25, -0.2) is 4.79 Å². The maximum atomic E-state index is 13.2. The molecule has 4 N–H and O–H groups in total. The first-order valence-corrected chi connectivity index (χ1v) is 14.6. The van der Waals surface area contributed by atoms with Gasteiger partial charge in [0, 0.05) is 22.5 Å². The molecule has 0 aliphatic rings. The van der Waals surface area contributed by atoms with E-state index in [1.54, 1.807) is 56.4 Å². The average Bonchev–Trinajstić information content (AvgIpc) is 3.43. The molecule has 2 aromatic carbocycles. The summed E-state index contributed by atoms with van der Waals surface area (Å²) < 4.78 is 5.32. The fourth-order valence-corrected chi connectivity index (χ4v) is 4.68. The third-order valence-corrected chi connectivity index (χ3v) is 7.00. The topological polar surface area (TPSA) is 126 Å². The summed E-state index contributed by atoms with van der Waals surface area (Å²) in [4.78, 5) is 52.7. The van der Waals surface area contributed by atoms with Crippen LogP contribution < -0.4 is 21.3 Å². The van der Waals surface area contributed by atoms with Gasteiger partial charge in [-0.05, 0) is 67.5 Å². The molecule has 0 unspecified atom stereocenters. The molecule has 2 atom stereocenters. The number of carbonyl (C=O) groups excluding carboxylic acids is 4. The number of thiophene rings is 1. The summed E-state index contributed by atoms with van der Waals surface area (Å²) >= 11 is 1.55. The Morgan fingerprint density at radius 3 is 2.05 bits per heavy atom. The Morgan fingerprint density at radius 2 is 1.48 bits per heavy atom. The molecule has 0 fully saturated rings. The summed E-state index contributed by atoms with van der Waals surface area (Å²) in [5.41, 5.74) is 0.395. The standard InChI is InChI=1S/C32H40N4O5S/c1-31(2,3)26(36-30(40)41-32(4,5)6)29(39)34-23-16-14-22(15-17-23)27(37)35-25(19-21-11-8-7-9-12-21)28(38)33-20-24-13-10-18-42-24/h7-18,25-26H,19-20H2,1-6H3,(H,33,38)(H,34,39)(H,35,37)(H,36,40)/t25-,26+/m0/s1. The largest absolute Gasteiger partial charge is 0.444 e. The van der Waals surface area contributed by atoms with Gasteiger partial charge >= 0.3 is 6.09 Å². The molecular weight excluding hydrogens is 552 g/mol. The molecule has 0 saturated carbocycles. The third kappa shape index (κ3) is 10.3. The van der Waals surface area contributed by atoms with E-state index in [0.29, 0.717) is 24.2 Å². The van der Waals surface area contributed by atoms with Gasteiger partial charge in [-0.1, -0.05) is 57.2 Å². The minimum Gasteiger partial charge on any atom is -0.444 e. The van der Waals surface area contributed by atoms with Crippen molar-refractivity contribution < 1.29 is 23.9 Å². The summed E-state index contributed by atoms with van der Waals surface area (Å²) in [5, 5.41) is 13.2. The molecule has 10 heteroatoms. The Kier molecular flexibility index (Phi) is 10.9. The Morgan fingerprint density at radius 1 is 0.810 bits per heavy atom. The minimum atomic E-state index is -0.873. The van der Waals surface area contributed by atoms with Crippen molar-refractivity contribution in [2.24, 2.45) is 5.41 Å². The highest BCUT2D eigenvalue weighted by atomic mass is 32.1. The molecule has 224 valence electrons. The number of benzene rings is 2. The number of anilines is 1. The second-order valence-corrected chi connectivity index (χ2v) is 13.1. The van der Waals surface area contributed by atoms with Crippen LogP contribution in [0.5, 0.6) is 0 Å². The minimum absolute atomic E-state index is 0.282. The van der Waals surface area contributed by atoms with Crippen molar-refractivity contribution in [2.75, 3.05) is 5.32 Å². The van der Waals surface area contributed by atoms with Crippen LogP contribution in [0.2, 0.25) is 0 Å². The van der Waals surface area contributed by atoms with Crippen LogP contribution in [0.4, 0.5) is 10.5 Å². The lowest BCUT2D eigenvalue weighted by Gasteiger charge is -2.31. The fraction of sp³-hybridized carbons (Fsp3) is 0.375. The predicted molar refractivity (Wildman–Crippen MR) is 165 cm³/mol. The molecule has 1 heterocycles. The molecular formula is C32H40N4O5S. The van der Waals surface area contributed by atoms with Crippen LogP contribution >= 0.6 is 11.3 Å². The SMILES string of the molecule is CC(C)(C)OC(=O)N[C@H](C(=O)Nc1ccc(C(=O)N[C@@H](Cc2ccccc2)C(=O)NCc2cccs2)cc1)C(C)(C)C. The predicted octanol–water partition coefficient (Wildman–Crippen LogP) is 5.28. The average molecular weight is 593 g/mol. The smallest absolute Gasteiger partial charge is 0.408 e. The van der Waals surface area contributed by atoms with Crippen LogP contribution in [0.1, 0.15) is 62.3 Å². The number of alkyl carbamates (subject to hydrolysis) is 1. The Labute approximate surface area is 251 Å². The number of ether oxygens (including phenoxy) is 1. The Hall–Kier alpha value is -4.18. The molecule has 0 aliphatic carbocycles. The van der Waals surface area contributed by atoms with Gasteiger partial charge in [0.25, 0.3) is 5.91 Å². The van der Waals surface area contributed by atoms with Gasteiger partial charge in [0.2, 0.25) is 11.8 Å². The Bertz CT molecular complexity index is 1340. The van der Waals surface area contributed by atoms with E-state index in [1.165, 1.54) is 0 Å². The molecule has 0 radical (unpaired) electrons. The first-order valence-electron chi connectivity index (χ1n) is 13.8. The number of hydrogen-bond donors (Lipinski definition) is 4. The number of hydrogen-bond acceptors (Lipinski definition) is 6. The van der Waals surface area contributed by atoms with Gasteiger partial charge in [0.1, 0.15) is 17.7 Å². The number of rotatable bonds is 10. The van der Waals surface area contributed by atoms with E-state index in [0.717, 1.165) is 10.4 Å². The summed E-state index contributed by atoms with van der Waals surface area (Å²) in [7, 11) is 0. The molecule has 9 nitrogen and oxygen atoms in total. The van der Waals surface area contributed by atoms with E-state index in [4.69, 9.17) is 4.74 Å². The number of nitrogens with one attached hydrogen (secondary N) is 4. The van der Waals surface area contributed by atoms with Gasteiger partial charge in [-0.15, -0.1) is 11.3 Å². The Balaban J connectivity index is 1.67. The third-order valence-electron chi connectivity index (χ3n) is 6.13. The van der Waals surface area contributed by atoms with E-state index in [2.05, 4.69) is 21.3 Å². The second-order valence-electron chi connectivity index (χ2n) is 12.0. The van der Waals surface area contributed by atoms with Crippen molar-refractivity contribution in [3.8, 4) is 0 Å². The van der Waals surface area contributed by atoms with E-state index >= 15 is 0 Å². The van der Waals surface area contributed by atoms with Crippen molar-refractivity contribution in [1.82, 2.24) is 16.0 Å². The molecule has 3 rings (SSSR count). The lowest BCUT2D eigenvalue weighted by Crippen LogP contribution is -2.52. The maximum absolute atomic E-state index is 13.2. The number of amides is 4. The summed E-state index contributed by atoms with van der Waals surface area (Å²) in [6, 6.07) is 18.0. The van der Waals surface area contributed by atoms with Gasteiger partial charge in [-0.2, -0.15) is 0 Å². The zero-order valence-electron chi connectivity index (χ0n) is 24.9. The summed E-state index contributed by atoms with van der Waals surface area (Å²) in [6.07, 6.45) is -0.357. The lowest BCUT2D eigenvalue weighted by atomic mass is 9.86. The van der Waals surface area contributed by atoms with Gasteiger partial charge in [0.15, 0.2) is 0 Å². The van der Waals surface area contributed by atoms with Crippen molar-refractivity contribution in [1.29, 1.82) is 0 Å².